The molecule has 1 fully saturated rings. The number of aromatic nitrogens is 4. The van der Waals surface area contributed by atoms with Crippen LogP contribution in [0.5, 0.6) is 0 Å². The third-order valence-electron chi connectivity index (χ3n) is 5.18. The SMILES string of the molecule is CC[C@@H]1C[C@H](C(N)=O)C[C@@H]1n1c(N)nc2cnc3[nH]ccc3c21. The fourth-order valence-electron chi connectivity index (χ4n) is 4.04. The van der Waals surface area contributed by atoms with Gasteiger partial charge in [-0.2, -0.15) is 0 Å². The Bertz CT molecular complexity index is 895. The van der Waals surface area contributed by atoms with Crippen molar-refractivity contribution >= 4 is 33.9 Å². The van der Waals surface area contributed by atoms with Crippen LogP contribution in [0.15, 0.2) is 18.5 Å². The van der Waals surface area contributed by atoms with Crippen molar-refractivity contribution < 1.29 is 4.79 Å². The number of carbonyl (C=O) groups is 1. The summed E-state index contributed by atoms with van der Waals surface area (Å²) in [6.45, 7) is 2.14. The van der Waals surface area contributed by atoms with E-state index in [0.717, 1.165) is 41.3 Å². The predicted octanol–water partition coefficient (Wildman–Crippen LogP) is 1.96. The Labute approximate surface area is 133 Å². The van der Waals surface area contributed by atoms with Crippen LogP contribution in [0.3, 0.4) is 0 Å². The maximum absolute atomic E-state index is 11.6. The van der Waals surface area contributed by atoms with Gasteiger partial charge in [0.05, 0.1) is 11.7 Å². The molecule has 5 N–H and O–H groups in total. The van der Waals surface area contributed by atoms with E-state index >= 15 is 0 Å². The summed E-state index contributed by atoms with van der Waals surface area (Å²) >= 11 is 0. The van der Waals surface area contributed by atoms with Gasteiger partial charge in [0.25, 0.3) is 0 Å². The largest absolute Gasteiger partial charge is 0.369 e. The number of anilines is 1. The van der Waals surface area contributed by atoms with Gasteiger partial charge in [-0.3, -0.25) is 4.79 Å². The molecule has 7 heteroatoms. The summed E-state index contributed by atoms with van der Waals surface area (Å²) in [5.41, 5.74) is 14.4. The first kappa shape index (κ1) is 14.0. The number of nitrogen functional groups attached to an aromatic ring is 1. The van der Waals surface area contributed by atoms with E-state index in [-0.39, 0.29) is 17.9 Å². The molecule has 1 aliphatic rings. The number of hydrogen-bond donors (Lipinski definition) is 3. The molecule has 120 valence electrons. The lowest BCUT2D eigenvalue weighted by atomic mass is 9.99. The molecule has 3 heterocycles. The number of primary amides is 1. The van der Waals surface area contributed by atoms with E-state index in [2.05, 4.69) is 26.4 Å². The summed E-state index contributed by atoms with van der Waals surface area (Å²) in [7, 11) is 0. The van der Waals surface area contributed by atoms with Gasteiger partial charge in [0.2, 0.25) is 11.9 Å². The van der Waals surface area contributed by atoms with Crippen molar-refractivity contribution in [2.75, 3.05) is 5.73 Å². The molecule has 0 unspecified atom stereocenters. The number of imidazole rings is 1. The Morgan fingerprint density at radius 2 is 2.30 bits per heavy atom. The van der Waals surface area contributed by atoms with E-state index in [9.17, 15) is 4.79 Å². The molecule has 23 heavy (non-hydrogen) atoms. The fraction of sp³-hybridized carbons (Fsp3) is 0.438. The summed E-state index contributed by atoms with van der Waals surface area (Å²) < 4.78 is 2.09. The van der Waals surface area contributed by atoms with E-state index in [1.54, 1.807) is 6.20 Å². The molecule has 3 atom stereocenters. The molecule has 0 radical (unpaired) electrons. The maximum Gasteiger partial charge on any atom is 0.220 e. The van der Waals surface area contributed by atoms with Gasteiger partial charge < -0.3 is 21.0 Å². The molecule has 0 aliphatic heterocycles. The second-order valence-corrected chi connectivity index (χ2v) is 6.38. The summed E-state index contributed by atoms with van der Waals surface area (Å²) in [6.07, 6.45) is 6.12. The normalized spacial score (nSPS) is 24.7. The van der Waals surface area contributed by atoms with Gasteiger partial charge in [-0.05, 0) is 24.8 Å². The van der Waals surface area contributed by atoms with Crippen molar-refractivity contribution in [3.63, 3.8) is 0 Å². The first-order valence-corrected chi connectivity index (χ1v) is 7.99. The highest BCUT2D eigenvalue weighted by Crippen LogP contribution is 2.44. The number of aromatic amines is 1. The van der Waals surface area contributed by atoms with Gasteiger partial charge in [-0.25, -0.2) is 9.97 Å². The molecule has 0 saturated heterocycles. The zero-order valence-electron chi connectivity index (χ0n) is 13.0. The highest BCUT2D eigenvalue weighted by Gasteiger charge is 2.38. The van der Waals surface area contributed by atoms with Gasteiger partial charge in [0.1, 0.15) is 11.2 Å². The van der Waals surface area contributed by atoms with Crippen LogP contribution in [-0.4, -0.2) is 25.4 Å². The molecular formula is C16H20N6O. The number of nitrogens with zero attached hydrogens (tertiary/aromatic N) is 3. The van der Waals surface area contributed by atoms with Crippen molar-refractivity contribution in [1.82, 2.24) is 19.5 Å². The number of rotatable bonds is 3. The lowest BCUT2D eigenvalue weighted by Gasteiger charge is -2.21. The van der Waals surface area contributed by atoms with Gasteiger partial charge in [0, 0.05) is 23.5 Å². The smallest absolute Gasteiger partial charge is 0.220 e. The van der Waals surface area contributed by atoms with E-state index < -0.39 is 0 Å². The van der Waals surface area contributed by atoms with E-state index in [1.165, 1.54) is 0 Å². The highest BCUT2D eigenvalue weighted by molar-refractivity contribution is 6.02. The van der Waals surface area contributed by atoms with Crippen LogP contribution in [0.1, 0.15) is 32.2 Å². The second kappa shape index (κ2) is 4.97. The Balaban J connectivity index is 1.92. The average Bonchev–Trinajstić information content (AvgIpc) is 3.20. The number of H-pyrrole nitrogens is 1. The monoisotopic (exact) mass is 312 g/mol. The van der Waals surface area contributed by atoms with Crippen molar-refractivity contribution in [3.8, 4) is 0 Å². The second-order valence-electron chi connectivity index (χ2n) is 6.38. The van der Waals surface area contributed by atoms with Crippen LogP contribution in [-0.2, 0) is 4.79 Å². The van der Waals surface area contributed by atoms with Crippen molar-refractivity contribution in [2.24, 2.45) is 17.6 Å². The van der Waals surface area contributed by atoms with Gasteiger partial charge in [0.15, 0.2) is 0 Å². The summed E-state index contributed by atoms with van der Waals surface area (Å²) in [5, 5.41) is 1.00. The molecular weight excluding hydrogens is 292 g/mol. The number of carbonyl (C=O) groups excluding carboxylic acids is 1. The standard InChI is InChI=1S/C16H20N6O/c1-2-8-5-9(14(17)23)6-12(8)22-13-10-3-4-19-15(10)20-7-11(13)21-16(22)18/h3-4,7-9,12H,2,5-6H2,1H3,(H2,17,23)(H2,18,21)(H,19,20)/t8-,9+,12+/m1/s1. The van der Waals surface area contributed by atoms with Crippen LogP contribution in [0.25, 0.3) is 22.1 Å². The number of pyridine rings is 1. The topological polar surface area (TPSA) is 116 Å². The molecule has 0 spiro atoms. The molecule has 1 saturated carbocycles. The maximum atomic E-state index is 11.6. The minimum absolute atomic E-state index is 0.0923. The molecule has 4 rings (SSSR count). The van der Waals surface area contributed by atoms with Crippen LogP contribution in [0.4, 0.5) is 5.95 Å². The van der Waals surface area contributed by atoms with Gasteiger partial charge in [-0.15, -0.1) is 0 Å². The quantitative estimate of drug-likeness (QED) is 0.685. The zero-order valence-corrected chi connectivity index (χ0v) is 13.0. The van der Waals surface area contributed by atoms with Gasteiger partial charge in [-0.1, -0.05) is 13.3 Å². The lowest BCUT2D eigenvalue weighted by Crippen LogP contribution is -2.21. The van der Waals surface area contributed by atoms with Crippen molar-refractivity contribution in [3.05, 3.63) is 18.5 Å². The molecule has 3 aromatic rings. The number of nitrogens with one attached hydrogen (secondary N) is 1. The lowest BCUT2D eigenvalue weighted by molar-refractivity contribution is -0.121. The van der Waals surface area contributed by atoms with Crippen LogP contribution in [0, 0.1) is 11.8 Å². The predicted molar refractivity (Wildman–Crippen MR) is 88.5 cm³/mol. The Morgan fingerprint density at radius 3 is 3.04 bits per heavy atom. The number of amides is 1. The van der Waals surface area contributed by atoms with E-state index in [4.69, 9.17) is 11.5 Å². The Kier molecular flexibility index (Phi) is 3.04. The van der Waals surface area contributed by atoms with Crippen molar-refractivity contribution in [2.45, 2.75) is 32.2 Å². The third-order valence-corrected chi connectivity index (χ3v) is 5.18. The highest BCUT2D eigenvalue weighted by atomic mass is 16.1. The van der Waals surface area contributed by atoms with E-state index in [1.807, 2.05) is 12.3 Å². The fourth-order valence-corrected chi connectivity index (χ4v) is 4.04. The summed E-state index contributed by atoms with van der Waals surface area (Å²) in [6, 6.07) is 2.13. The first-order chi connectivity index (χ1) is 11.1. The summed E-state index contributed by atoms with van der Waals surface area (Å²) in [5.74, 6) is 0.534. The number of nitrogens with two attached hydrogens (primary N) is 2. The molecule has 3 aromatic heterocycles. The molecule has 0 bridgehead atoms. The molecule has 1 amide bonds. The Hall–Kier alpha value is -2.57. The van der Waals surface area contributed by atoms with Gasteiger partial charge >= 0.3 is 0 Å². The number of fused-ring (bicyclic) bond motifs is 3. The average molecular weight is 312 g/mol. The van der Waals surface area contributed by atoms with Crippen LogP contribution in [0.2, 0.25) is 0 Å². The van der Waals surface area contributed by atoms with Crippen LogP contribution >= 0.6 is 0 Å². The van der Waals surface area contributed by atoms with E-state index in [0.29, 0.717) is 11.9 Å². The zero-order chi connectivity index (χ0) is 16.1. The van der Waals surface area contributed by atoms with Crippen molar-refractivity contribution in [1.29, 1.82) is 0 Å². The summed E-state index contributed by atoms with van der Waals surface area (Å²) in [4.78, 5) is 23.6. The minimum atomic E-state index is -0.220. The minimum Gasteiger partial charge on any atom is -0.369 e. The molecule has 7 nitrogen and oxygen atoms in total. The third kappa shape index (κ3) is 1.99. The number of hydrogen-bond acceptors (Lipinski definition) is 4. The first-order valence-electron chi connectivity index (χ1n) is 7.99. The van der Waals surface area contributed by atoms with Crippen LogP contribution < -0.4 is 11.5 Å². The molecule has 1 aliphatic carbocycles. The molecule has 0 aromatic carbocycles. The Morgan fingerprint density at radius 1 is 1.48 bits per heavy atom.